The summed E-state index contributed by atoms with van der Waals surface area (Å²) in [6.07, 6.45) is 2.38. The van der Waals surface area contributed by atoms with Crippen molar-refractivity contribution in [1.29, 1.82) is 0 Å². The third-order valence-electron chi connectivity index (χ3n) is 1.72. The van der Waals surface area contributed by atoms with Crippen LogP contribution in [0.4, 0.5) is 0 Å². The average Bonchev–Trinajstić information content (AvgIpc) is 2.71. The molecule has 4 heteroatoms. The summed E-state index contributed by atoms with van der Waals surface area (Å²) < 4.78 is 4.76. The lowest BCUT2D eigenvalue weighted by molar-refractivity contribution is -0.143. The third-order valence-corrected chi connectivity index (χ3v) is 1.72. The van der Waals surface area contributed by atoms with Crippen LogP contribution in [-0.4, -0.2) is 24.8 Å². The highest BCUT2D eigenvalue weighted by Crippen LogP contribution is 2.19. The van der Waals surface area contributed by atoms with E-state index < -0.39 is 0 Å². The van der Waals surface area contributed by atoms with Crippen molar-refractivity contribution in [2.45, 2.75) is 38.4 Å². The molecule has 4 nitrogen and oxygen atoms in total. The minimum Gasteiger partial charge on any atom is -0.466 e. The van der Waals surface area contributed by atoms with E-state index in [1.165, 1.54) is 12.8 Å². The number of carbonyl (C=O) groups is 1. The number of nitrogens with two attached hydrogens (primary N) is 1. The van der Waals surface area contributed by atoms with Gasteiger partial charge in [0.15, 0.2) is 0 Å². The zero-order valence-electron chi connectivity index (χ0n) is 7.38. The number of carbonyl (C=O) groups excluding carboxylic acids is 1. The quantitative estimate of drug-likeness (QED) is 0.452. The summed E-state index contributed by atoms with van der Waals surface area (Å²) in [5.74, 6) is -0.224. The zero-order valence-corrected chi connectivity index (χ0v) is 7.38. The molecule has 70 valence electrons. The molecule has 0 spiro atoms. The maximum absolute atomic E-state index is 10.9. The second kappa shape index (κ2) is 4.42. The van der Waals surface area contributed by atoms with Gasteiger partial charge in [-0.2, -0.15) is 0 Å². The van der Waals surface area contributed by atoms with Crippen molar-refractivity contribution in [3.8, 4) is 0 Å². The smallest absolute Gasteiger partial charge is 0.308 e. The van der Waals surface area contributed by atoms with Crippen LogP contribution in [0.25, 0.3) is 0 Å². The molecule has 0 amide bonds. The summed E-state index contributed by atoms with van der Waals surface area (Å²) in [6.45, 7) is 2.22. The van der Waals surface area contributed by atoms with E-state index in [1.807, 2.05) is 0 Å². The van der Waals surface area contributed by atoms with Gasteiger partial charge in [0.05, 0.1) is 19.2 Å². The Labute approximate surface area is 72.5 Å². The number of rotatable bonds is 5. The van der Waals surface area contributed by atoms with E-state index in [2.05, 4.69) is 5.32 Å². The lowest BCUT2D eigenvalue weighted by Crippen LogP contribution is -2.40. The molecule has 0 aromatic rings. The van der Waals surface area contributed by atoms with Crippen LogP contribution >= 0.6 is 0 Å². The van der Waals surface area contributed by atoms with Crippen LogP contribution in [0.15, 0.2) is 0 Å². The molecular formula is C8H16N2O2. The predicted octanol–water partition coefficient (Wildman–Crippen LogP) is -0.0236. The van der Waals surface area contributed by atoms with E-state index in [0.29, 0.717) is 12.6 Å². The molecule has 1 rings (SSSR count). The van der Waals surface area contributed by atoms with E-state index in [4.69, 9.17) is 10.5 Å². The van der Waals surface area contributed by atoms with E-state index in [9.17, 15) is 4.79 Å². The molecular weight excluding hydrogens is 156 g/mol. The number of nitrogens with one attached hydrogen (secondary N) is 1. The Bertz CT molecular complexity index is 157. The highest BCUT2D eigenvalue weighted by Gasteiger charge is 2.23. The van der Waals surface area contributed by atoms with Crippen LogP contribution in [0.3, 0.4) is 0 Å². The van der Waals surface area contributed by atoms with Crippen LogP contribution in [0.5, 0.6) is 0 Å². The lowest BCUT2D eigenvalue weighted by Gasteiger charge is -2.11. The average molecular weight is 172 g/mol. The minimum atomic E-state index is -0.239. The topological polar surface area (TPSA) is 64.3 Å². The fraction of sp³-hybridized carbons (Fsp3) is 0.875. The first-order chi connectivity index (χ1) is 5.72. The normalized spacial score (nSPS) is 18.8. The van der Waals surface area contributed by atoms with Gasteiger partial charge in [-0.3, -0.25) is 10.1 Å². The highest BCUT2D eigenvalue weighted by atomic mass is 16.5. The fourth-order valence-corrected chi connectivity index (χ4v) is 1.01. The van der Waals surface area contributed by atoms with E-state index in [0.717, 1.165) is 0 Å². The van der Waals surface area contributed by atoms with Gasteiger partial charge in [-0.1, -0.05) is 0 Å². The lowest BCUT2D eigenvalue weighted by atomic mass is 10.3. The largest absolute Gasteiger partial charge is 0.466 e. The first-order valence-corrected chi connectivity index (χ1v) is 4.39. The first kappa shape index (κ1) is 9.48. The maximum atomic E-state index is 10.9. The van der Waals surface area contributed by atoms with Crippen molar-refractivity contribution >= 4 is 5.97 Å². The predicted molar refractivity (Wildman–Crippen MR) is 45.4 cm³/mol. The fourth-order valence-electron chi connectivity index (χ4n) is 1.01. The van der Waals surface area contributed by atoms with E-state index in [-0.39, 0.29) is 18.6 Å². The maximum Gasteiger partial charge on any atom is 0.308 e. The van der Waals surface area contributed by atoms with E-state index >= 15 is 0 Å². The van der Waals surface area contributed by atoms with Gasteiger partial charge in [0.2, 0.25) is 0 Å². The number of esters is 1. The van der Waals surface area contributed by atoms with Crippen molar-refractivity contribution in [2.75, 3.05) is 6.61 Å². The molecule has 12 heavy (non-hydrogen) atoms. The Kier molecular flexibility index (Phi) is 3.49. The summed E-state index contributed by atoms with van der Waals surface area (Å²) >= 11 is 0. The van der Waals surface area contributed by atoms with Gasteiger partial charge >= 0.3 is 5.97 Å². The number of hydrogen-bond donors (Lipinski definition) is 2. The van der Waals surface area contributed by atoms with Crippen LogP contribution in [0.2, 0.25) is 0 Å². The minimum absolute atomic E-state index is 0.224. The first-order valence-electron chi connectivity index (χ1n) is 4.39. The Morgan fingerprint density at radius 1 is 1.75 bits per heavy atom. The number of ether oxygens (including phenoxy) is 1. The molecule has 0 aromatic heterocycles. The molecule has 0 aromatic carbocycles. The third kappa shape index (κ3) is 3.69. The van der Waals surface area contributed by atoms with Crippen LogP contribution in [0.1, 0.15) is 26.2 Å². The molecule has 0 bridgehead atoms. The molecule has 0 aliphatic heterocycles. The second-order valence-electron chi connectivity index (χ2n) is 3.06. The molecule has 1 fully saturated rings. The summed E-state index contributed by atoms with van der Waals surface area (Å²) in [6, 6.07) is 0.537. The van der Waals surface area contributed by atoms with Crippen molar-refractivity contribution in [3.63, 3.8) is 0 Å². The van der Waals surface area contributed by atoms with Gasteiger partial charge in [0.1, 0.15) is 0 Å². The molecule has 0 radical (unpaired) electrons. The van der Waals surface area contributed by atoms with Gasteiger partial charge in [0, 0.05) is 6.04 Å². The van der Waals surface area contributed by atoms with Crippen molar-refractivity contribution in [2.24, 2.45) is 5.73 Å². The Morgan fingerprint density at radius 3 is 2.92 bits per heavy atom. The summed E-state index contributed by atoms with van der Waals surface area (Å²) in [5, 5.41) is 3.12. The van der Waals surface area contributed by atoms with Crippen molar-refractivity contribution < 1.29 is 9.53 Å². The summed E-state index contributed by atoms with van der Waals surface area (Å²) in [4.78, 5) is 10.9. The Hall–Kier alpha value is -0.610. The molecule has 3 N–H and O–H groups in total. The zero-order chi connectivity index (χ0) is 8.97. The number of hydrogen-bond acceptors (Lipinski definition) is 4. The molecule has 1 atom stereocenters. The Morgan fingerprint density at radius 2 is 2.42 bits per heavy atom. The van der Waals surface area contributed by atoms with Gasteiger partial charge in [-0.05, 0) is 19.8 Å². The highest BCUT2D eigenvalue weighted by molar-refractivity contribution is 5.69. The molecule has 1 aliphatic carbocycles. The van der Waals surface area contributed by atoms with Gasteiger partial charge < -0.3 is 10.5 Å². The monoisotopic (exact) mass is 172 g/mol. The van der Waals surface area contributed by atoms with Crippen molar-refractivity contribution in [1.82, 2.24) is 5.32 Å². The SMILES string of the molecule is CCOC(=O)CC(N)NC1CC1. The Balaban J connectivity index is 2.06. The summed E-state index contributed by atoms with van der Waals surface area (Å²) in [5.41, 5.74) is 5.63. The second-order valence-corrected chi connectivity index (χ2v) is 3.06. The van der Waals surface area contributed by atoms with Gasteiger partial charge in [-0.15, -0.1) is 0 Å². The van der Waals surface area contributed by atoms with E-state index in [1.54, 1.807) is 6.92 Å². The molecule has 0 heterocycles. The van der Waals surface area contributed by atoms with Crippen LogP contribution in [0, 0.1) is 0 Å². The summed E-state index contributed by atoms with van der Waals surface area (Å²) in [7, 11) is 0. The molecule has 1 saturated carbocycles. The molecule has 1 unspecified atom stereocenters. The molecule has 0 saturated heterocycles. The van der Waals surface area contributed by atoms with Gasteiger partial charge in [-0.25, -0.2) is 0 Å². The van der Waals surface area contributed by atoms with Crippen LogP contribution < -0.4 is 11.1 Å². The molecule has 1 aliphatic rings. The van der Waals surface area contributed by atoms with Gasteiger partial charge in [0.25, 0.3) is 0 Å². The van der Waals surface area contributed by atoms with Crippen molar-refractivity contribution in [3.05, 3.63) is 0 Å². The standard InChI is InChI=1S/C8H16N2O2/c1-2-12-8(11)5-7(9)10-6-3-4-6/h6-7,10H,2-5,9H2,1H3. The van der Waals surface area contributed by atoms with Crippen LogP contribution in [-0.2, 0) is 9.53 Å².